The van der Waals surface area contributed by atoms with Crippen LogP contribution in [0.2, 0.25) is 0 Å². The zero-order valence-electron chi connectivity index (χ0n) is 10.3. The standard InChI is InChI=1S/C13H14N4O/c1-3-4-5-8(2)9-6-11(12(14)18)16-13-10(9)7-15-17-13/h3-7H,1-2H3,(H2,14,18)(H,15,16,17)/b4-3-,8-5+. The van der Waals surface area contributed by atoms with Crippen LogP contribution in [0.25, 0.3) is 16.6 Å². The molecule has 0 atom stereocenters. The summed E-state index contributed by atoms with van der Waals surface area (Å²) in [6, 6.07) is 1.69. The molecule has 18 heavy (non-hydrogen) atoms. The topological polar surface area (TPSA) is 84.7 Å². The molecule has 0 bridgehead atoms. The summed E-state index contributed by atoms with van der Waals surface area (Å²) >= 11 is 0. The van der Waals surface area contributed by atoms with Gasteiger partial charge in [-0.15, -0.1) is 0 Å². The normalized spacial score (nSPS) is 12.4. The van der Waals surface area contributed by atoms with Gasteiger partial charge in [0.2, 0.25) is 0 Å². The highest BCUT2D eigenvalue weighted by Crippen LogP contribution is 2.23. The van der Waals surface area contributed by atoms with Crippen molar-refractivity contribution in [3.8, 4) is 0 Å². The summed E-state index contributed by atoms with van der Waals surface area (Å²) in [5, 5.41) is 7.57. The molecule has 0 radical (unpaired) electrons. The first-order valence-electron chi connectivity index (χ1n) is 5.57. The number of nitrogens with two attached hydrogens (primary N) is 1. The molecule has 3 N–H and O–H groups in total. The highest BCUT2D eigenvalue weighted by molar-refractivity contribution is 5.97. The van der Waals surface area contributed by atoms with Gasteiger partial charge < -0.3 is 5.73 Å². The number of aromatic amines is 1. The summed E-state index contributed by atoms with van der Waals surface area (Å²) in [6.07, 6.45) is 7.53. The van der Waals surface area contributed by atoms with Crippen molar-refractivity contribution in [3.05, 3.63) is 41.7 Å². The van der Waals surface area contributed by atoms with Crippen molar-refractivity contribution in [2.24, 2.45) is 5.73 Å². The molecule has 5 heteroatoms. The number of amides is 1. The minimum atomic E-state index is -0.549. The monoisotopic (exact) mass is 242 g/mol. The second-order valence-corrected chi connectivity index (χ2v) is 3.93. The van der Waals surface area contributed by atoms with E-state index in [0.29, 0.717) is 5.65 Å². The molecule has 0 saturated heterocycles. The van der Waals surface area contributed by atoms with Crippen molar-refractivity contribution in [2.45, 2.75) is 13.8 Å². The van der Waals surface area contributed by atoms with Crippen LogP contribution < -0.4 is 5.73 Å². The Morgan fingerprint density at radius 2 is 2.28 bits per heavy atom. The molecule has 5 nitrogen and oxygen atoms in total. The van der Waals surface area contributed by atoms with Gasteiger partial charge in [0.15, 0.2) is 5.65 Å². The van der Waals surface area contributed by atoms with Crippen molar-refractivity contribution < 1.29 is 4.79 Å². The molecular weight excluding hydrogens is 228 g/mol. The minimum absolute atomic E-state index is 0.231. The van der Waals surface area contributed by atoms with Crippen molar-refractivity contribution in [2.75, 3.05) is 0 Å². The Morgan fingerprint density at radius 1 is 1.50 bits per heavy atom. The Hall–Kier alpha value is -2.43. The molecule has 2 heterocycles. The van der Waals surface area contributed by atoms with Crippen molar-refractivity contribution in [1.29, 1.82) is 0 Å². The number of hydrogen-bond acceptors (Lipinski definition) is 3. The van der Waals surface area contributed by atoms with Crippen molar-refractivity contribution >= 4 is 22.5 Å². The lowest BCUT2D eigenvalue weighted by Gasteiger charge is -2.04. The number of nitrogens with one attached hydrogen (secondary N) is 1. The fourth-order valence-corrected chi connectivity index (χ4v) is 1.71. The molecule has 2 aromatic rings. The highest BCUT2D eigenvalue weighted by atomic mass is 16.1. The third-order valence-corrected chi connectivity index (χ3v) is 2.64. The third-order valence-electron chi connectivity index (χ3n) is 2.64. The number of allylic oxidation sites excluding steroid dienone is 4. The first-order valence-corrected chi connectivity index (χ1v) is 5.57. The number of rotatable bonds is 3. The number of aromatic nitrogens is 3. The predicted octanol–water partition coefficient (Wildman–Crippen LogP) is 2.04. The lowest BCUT2D eigenvalue weighted by molar-refractivity contribution is 0.0996. The fraction of sp³-hybridized carbons (Fsp3) is 0.154. The lowest BCUT2D eigenvalue weighted by atomic mass is 10.0. The molecule has 0 aromatic carbocycles. The molecule has 2 aromatic heterocycles. The molecule has 1 amide bonds. The number of pyridine rings is 1. The second kappa shape index (κ2) is 4.83. The summed E-state index contributed by atoms with van der Waals surface area (Å²) in [7, 11) is 0. The van der Waals surface area contributed by atoms with Crippen molar-refractivity contribution in [1.82, 2.24) is 15.2 Å². The van der Waals surface area contributed by atoms with Crippen LogP contribution in [0.3, 0.4) is 0 Å². The summed E-state index contributed by atoms with van der Waals surface area (Å²) < 4.78 is 0. The van der Waals surface area contributed by atoms with Gasteiger partial charge in [-0.2, -0.15) is 5.10 Å². The van der Waals surface area contributed by atoms with Crippen LogP contribution in [0.5, 0.6) is 0 Å². The van der Waals surface area contributed by atoms with E-state index in [4.69, 9.17) is 5.73 Å². The van der Waals surface area contributed by atoms with E-state index in [2.05, 4.69) is 15.2 Å². The predicted molar refractivity (Wildman–Crippen MR) is 70.9 cm³/mol. The van der Waals surface area contributed by atoms with E-state index in [-0.39, 0.29) is 5.69 Å². The molecule has 0 saturated carbocycles. The van der Waals surface area contributed by atoms with Crippen molar-refractivity contribution in [3.63, 3.8) is 0 Å². The van der Waals surface area contributed by atoms with Crippen LogP contribution in [0.15, 0.2) is 30.5 Å². The number of carbonyl (C=O) groups excluding carboxylic acids is 1. The Kier molecular flexibility index (Phi) is 3.23. The Labute approximate surface area is 104 Å². The van der Waals surface area contributed by atoms with Gasteiger partial charge in [-0.25, -0.2) is 4.98 Å². The first-order chi connectivity index (χ1) is 8.63. The van der Waals surface area contributed by atoms with E-state index in [9.17, 15) is 4.79 Å². The average Bonchev–Trinajstić information content (AvgIpc) is 2.82. The maximum absolute atomic E-state index is 11.2. The first kappa shape index (κ1) is 12.0. The largest absolute Gasteiger partial charge is 0.364 e. The molecular formula is C13H14N4O. The van der Waals surface area contributed by atoms with Crippen LogP contribution >= 0.6 is 0 Å². The van der Waals surface area contributed by atoms with Crippen LogP contribution in [0.4, 0.5) is 0 Å². The van der Waals surface area contributed by atoms with Gasteiger partial charge in [-0.3, -0.25) is 9.89 Å². The molecule has 0 unspecified atom stereocenters. The van der Waals surface area contributed by atoms with Gasteiger partial charge in [0.25, 0.3) is 5.91 Å². The molecule has 0 fully saturated rings. The van der Waals surface area contributed by atoms with Crippen LogP contribution in [0, 0.1) is 0 Å². The van der Waals surface area contributed by atoms with E-state index in [1.807, 2.05) is 32.1 Å². The third kappa shape index (κ3) is 2.15. The lowest BCUT2D eigenvalue weighted by Crippen LogP contribution is -2.13. The number of nitrogens with zero attached hydrogens (tertiary/aromatic N) is 2. The Bertz CT molecular complexity index is 652. The number of hydrogen-bond donors (Lipinski definition) is 2. The van der Waals surface area contributed by atoms with Crippen LogP contribution in [-0.4, -0.2) is 21.1 Å². The number of carbonyl (C=O) groups is 1. The van der Waals surface area contributed by atoms with Crippen LogP contribution in [0.1, 0.15) is 29.9 Å². The van der Waals surface area contributed by atoms with E-state index in [0.717, 1.165) is 16.5 Å². The van der Waals surface area contributed by atoms with Gasteiger partial charge >= 0.3 is 0 Å². The van der Waals surface area contributed by atoms with Gasteiger partial charge in [-0.05, 0) is 31.1 Å². The van der Waals surface area contributed by atoms with Gasteiger partial charge in [0.1, 0.15) is 5.69 Å². The number of primary amides is 1. The van der Waals surface area contributed by atoms with E-state index >= 15 is 0 Å². The quantitative estimate of drug-likeness (QED) is 0.807. The van der Waals surface area contributed by atoms with E-state index in [1.165, 1.54) is 0 Å². The zero-order valence-corrected chi connectivity index (χ0v) is 10.3. The Morgan fingerprint density at radius 3 is 2.94 bits per heavy atom. The SMILES string of the molecule is C/C=C\C=C(/C)c1cc(C(N)=O)nc2[nH]ncc12. The van der Waals surface area contributed by atoms with Crippen LogP contribution in [-0.2, 0) is 0 Å². The highest BCUT2D eigenvalue weighted by Gasteiger charge is 2.11. The fourth-order valence-electron chi connectivity index (χ4n) is 1.71. The van der Waals surface area contributed by atoms with Gasteiger partial charge in [-0.1, -0.05) is 18.2 Å². The average molecular weight is 242 g/mol. The maximum atomic E-state index is 11.2. The zero-order chi connectivity index (χ0) is 13.1. The summed E-state index contributed by atoms with van der Waals surface area (Å²) in [5.74, 6) is -0.549. The molecule has 92 valence electrons. The smallest absolute Gasteiger partial charge is 0.267 e. The summed E-state index contributed by atoms with van der Waals surface area (Å²) in [6.45, 7) is 3.91. The maximum Gasteiger partial charge on any atom is 0.267 e. The molecule has 2 rings (SSSR count). The summed E-state index contributed by atoms with van der Waals surface area (Å²) in [5.41, 5.74) is 7.99. The van der Waals surface area contributed by atoms with E-state index < -0.39 is 5.91 Å². The minimum Gasteiger partial charge on any atom is -0.364 e. The summed E-state index contributed by atoms with van der Waals surface area (Å²) in [4.78, 5) is 15.4. The molecule has 0 aliphatic rings. The van der Waals surface area contributed by atoms with Gasteiger partial charge in [0.05, 0.1) is 6.20 Å². The second-order valence-electron chi connectivity index (χ2n) is 3.93. The van der Waals surface area contributed by atoms with E-state index in [1.54, 1.807) is 12.3 Å². The number of fused-ring (bicyclic) bond motifs is 1. The molecule has 0 aliphatic carbocycles. The molecule has 0 aliphatic heterocycles. The van der Waals surface area contributed by atoms with Gasteiger partial charge in [0, 0.05) is 5.39 Å². The Balaban J connectivity index is 2.67. The molecule has 0 spiro atoms. The number of H-pyrrole nitrogens is 1.